The predicted molar refractivity (Wildman–Crippen MR) is 43.7 cm³/mol. The molecule has 0 saturated heterocycles. The van der Waals surface area contributed by atoms with E-state index in [0.717, 1.165) is 0 Å². The Kier molecular flexibility index (Phi) is 5.07. The van der Waals surface area contributed by atoms with E-state index in [1.165, 1.54) is 0 Å². The molecule has 0 rings (SSSR count). The summed E-state index contributed by atoms with van der Waals surface area (Å²) in [6.07, 6.45) is 0. The Bertz CT molecular complexity index is 97.0. The molecule has 0 heterocycles. The van der Waals surface area contributed by atoms with Gasteiger partial charge in [0.25, 0.3) is 3.91 Å². The molecule has 0 bridgehead atoms. The van der Waals surface area contributed by atoms with Crippen molar-refractivity contribution in [2.75, 3.05) is 19.7 Å². The van der Waals surface area contributed by atoms with Gasteiger partial charge in [0.05, 0.1) is 6.61 Å². The molecular formula is C5H10INO2. The fourth-order valence-corrected chi connectivity index (χ4v) is 1.07. The van der Waals surface area contributed by atoms with Gasteiger partial charge in [-0.3, -0.25) is 4.79 Å². The Morgan fingerprint density at radius 3 is 2.44 bits per heavy atom. The second-order valence-electron chi connectivity index (χ2n) is 1.56. The van der Waals surface area contributed by atoms with Crippen LogP contribution in [0, 0.1) is 0 Å². The highest BCUT2D eigenvalue weighted by atomic mass is 127. The summed E-state index contributed by atoms with van der Waals surface area (Å²) in [5, 5.41) is 8.42. The average Bonchev–Trinajstić information content (AvgIpc) is 1.82. The molecule has 0 radical (unpaired) electrons. The van der Waals surface area contributed by atoms with E-state index in [2.05, 4.69) is 0 Å². The molecule has 4 heteroatoms. The largest absolute Gasteiger partial charge is 0.395 e. The summed E-state index contributed by atoms with van der Waals surface area (Å²) in [5.41, 5.74) is 0. The third-order valence-electron chi connectivity index (χ3n) is 1.00. The second kappa shape index (κ2) is 4.99. The normalized spacial score (nSPS) is 9.22. The molecule has 9 heavy (non-hydrogen) atoms. The molecule has 0 aliphatic heterocycles. The number of amides is 1. The van der Waals surface area contributed by atoms with E-state index in [9.17, 15) is 4.79 Å². The Morgan fingerprint density at radius 1 is 1.78 bits per heavy atom. The van der Waals surface area contributed by atoms with E-state index >= 15 is 0 Å². The van der Waals surface area contributed by atoms with Crippen LogP contribution in [0.15, 0.2) is 0 Å². The van der Waals surface area contributed by atoms with Crippen molar-refractivity contribution in [1.29, 1.82) is 0 Å². The standard InChI is InChI=1S/C5H10INO2/c1-2-7(3-4-8)5(6)9/h8H,2-4H2,1H3. The van der Waals surface area contributed by atoms with E-state index in [1.807, 2.05) is 6.92 Å². The molecule has 0 atom stereocenters. The monoisotopic (exact) mass is 243 g/mol. The molecule has 0 aromatic carbocycles. The number of carbonyl (C=O) groups excluding carboxylic acids is 1. The van der Waals surface area contributed by atoms with Gasteiger partial charge in [-0.25, -0.2) is 0 Å². The molecule has 0 aliphatic rings. The van der Waals surface area contributed by atoms with Crippen LogP contribution in [0.3, 0.4) is 0 Å². The lowest BCUT2D eigenvalue weighted by atomic mass is 10.5. The molecule has 3 nitrogen and oxygen atoms in total. The summed E-state index contributed by atoms with van der Waals surface area (Å²) < 4.78 is -0.0100. The fraction of sp³-hybridized carbons (Fsp3) is 0.800. The van der Waals surface area contributed by atoms with Gasteiger partial charge in [0.15, 0.2) is 0 Å². The minimum absolute atomic E-state index is 0.0100. The van der Waals surface area contributed by atoms with E-state index in [0.29, 0.717) is 13.1 Å². The van der Waals surface area contributed by atoms with Gasteiger partial charge in [0, 0.05) is 35.7 Å². The van der Waals surface area contributed by atoms with Crippen LogP contribution in [-0.2, 0) is 0 Å². The highest BCUT2D eigenvalue weighted by Crippen LogP contribution is 1.97. The Morgan fingerprint density at radius 2 is 2.33 bits per heavy atom. The third kappa shape index (κ3) is 3.69. The molecule has 1 amide bonds. The summed E-state index contributed by atoms with van der Waals surface area (Å²) >= 11 is 1.70. The molecule has 54 valence electrons. The topological polar surface area (TPSA) is 40.5 Å². The number of nitrogens with zero attached hydrogens (tertiary/aromatic N) is 1. The van der Waals surface area contributed by atoms with Crippen molar-refractivity contribution in [1.82, 2.24) is 4.90 Å². The highest BCUT2D eigenvalue weighted by Gasteiger charge is 2.04. The van der Waals surface area contributed by atoms with Crippen molar-refractivity contribution in [3.05, 3.63) is 0 Å². The Hall–Kier alpha value is 0.160. The van der Waals surface area contributed by atoms with Crippen molar-refractivity contribution < 1.29 is 9.90 Å². The van der Waals surface area contributed by atoms with E-state index in [4.69, 9.17) is 5.11 Å². The summed E-state index contributed by atoms with van der Waals surface area (Å²) in [4.78, 5) is 12.1. The number of hydrogen-bond donors (Lipinski definition) is 1. The second-order valence-corrected chi connectivity index (χ2v) is 2.48. The van der Waals surface area contributed by atoms with Crippen LogP contribution in [0.2, 0.25) is 0 Å². The minimum atomic E-state index is -0.0100. The molecule has 0 saturated carbocycles. The van der Waals surface area contributed by atoms with Crippen LogP contribution in [0.25, 0.3) is 0 Å². The first kappa shape index (κ1) is 9.16. The molecule has 0 fully saturated rings. The van der Waals surface area contributed by atoms with E-state index < -0.39 is 0 Å². The zero-order chi connectivity index (χ0) is 7.28. The van der Waals surface area contributed by atoms with Crippen LogP contribution < -0.4 is 0 Å². The Balaban J connectivity index is 3.54. The first-order chi connectivity index (χ1) is 4.22. The van der Waals surface area contributed by atoms with Crippen LogP contribution in [-0.4, -0.2) is 33.6 Å². The number of likely N-dealkylation sites (N-methyl/N-ethyl adjacent to an activating group) is 1. The molecule has 0 aliphatic carbocycles. The average molecular weight is 243 g/mol. The lowest BCUT2D eigenvalue weighted by molar-refractivity contribution is 0.203. The molecule has 0 aromatic heterocycles. The smallest absolute Gasteiger partial charge is 0.283 e. The van der Waals surface area contributed by atoms with Gasteiger partial charge in [-0.05, 0) is 6.92 Å². The molecule has 0 aromatic rings. The maximum atomic E-state index is 10.6. The van der Waals surface area contributed by atoms with Crippen LogP contribution in [0.4, 0.5) is 4.79 Å². The third-order valence-corrected chi connectivity index (χ3v) is 1.68. The van der Waals surface area contributed by atoms with Crippen molar-refractivity contribution in [2.45, 2.75) is 6.92 Å². The number of rotatable bonds is 3. The number of aliphatic hydroxyl groups is 1. The maximum Gasteiger partial charge on any atom is 0.283 e. The predicted octanol–water partition coefficient (Wildman–Crippen LogP) is 0.856. The highest BCUT2D eigenvalue weighted by molar-refractivity contribution is 14.1. The fourth-order valence-electron chi connectivity index (χ4n) is 0.491. The summed E-state index contributed by atoms with van der Waals surface area (Å²) in [7, 11) is 0. The van der Waals surface area contributed by atoms with E-state index in [1.54, 1.807) is 27.5 Å². The molecule has 1 N–H and O–H groups in total. The maximum absolute atomic E-state index is 10.6. The van der Waals surface area contributed by atoms with Gasteiger partial charge < -0.3 is 10.0 Å². The van der Waals surface area contributed by atoms with Crippen LogP contribution >= 0.6 is 22.6 Å². The van der Waals surface area contributed by atoms with Crippen molar-refractivity contribution in [3.8, 4) is 0 Å². The SMILES string of the molecule is CCN(CCO)C(=O)I. The lowest BCUT2D eigenvalue weighted by Crippen LogP contribution is -2.28. The summed E-state index contributed by atoms with van der Waals surface area (Å²) in [6.45, 7) is 3.04. The quantitative estimate of drug-likeness (QED) is 0.453. The minimum Gasteiger partial charge on any atom is -0.395 e. The molecule has 0 spiro atoms. The summed E-state index contributed by atoms with van der Waals surface area (Å²) in [6, 6.07) is 0. The molecular weight excluding hydrogens is 233 g/mol. The number of hydrogen-bond acceptors (Lipinski definition) is 2. The zero-order valence-corrected chi connectivity index (χ0v) is 7.46. The first-order valence-corrected chi connectivity index (χ1v) is 3.85. The van der Waals surface area contributed by atoms with Crippen molar-refractivity contribution in [3.63, 3.8) is 0 Å². The van der Waals surface area contributed by atoms with Crippen LogP contribution in [0.1, 0.15) is 6.92 Å². The van der Waals surface area contributed by atoms with Gasteiger partial charge in [0.2, 0.25) is 0 Å². The first-order valence-electron chi connectivity index (χ1n) is 2.77. The van der Waals surface area contributed by atoms with Crippen molar-refractivity contribution in [2.24, 2.45) is 0 Å². The van der Waals surface area contributed by atoms with Gasteiger partial charge in [0.1, 0.15) is 0 Å². The Labute approximate surface area is 68.2 Å². The number of halogens is 1. The van der Waals surface area contributed by atoms with Gasteiger partial charge in [-0.2, -0.15) is 0 Å². The van der Waals surface area contributed by atoms with Crippen LogP contribution in [0.5, 0.6) is 0 Å². The van der Waals surface area contributed by atoms with Gasteiger partial charge in [-0.1, -0.05) is 0 Å². The number of aliphatic hydroxyl groups excluding tert-OH is 1. The summed E-state index contributed by atoms with van der Waals surface area (Å²) in [5.74, 6) is 0. The lowest BCUT2D eigenvalue weighted by Gasteiger charge is -2.14. The number of carbonyl (C=O) groups is 1. The zero-order valence-electron chi connectivity index (χ0n) is 5.30. The van der Waals surface area contributed by atoms with Gasteiger partial charge in [-0.15, -0.1) is 0 Å². The molecule has 0 unspecified atom stereocenters. The van der Waals surface area contributed by atoms with Gasteiger partial charge >= 0.3 is 0 Å². The van der Waals surface area contributed by atoms with Crippen molar-refractivity contribution >= 4 is 26.5 Å². The van der Waals surface area contributed by atoms with E-state index in [-0.39, 0.29) is 10.5 Å².